The summed E-state index contributed by atoms with van der Waals surface area (Å²) in [5.41, 5.74) is -0.496. The Morgan fingerprint density at radius 1 is 1.03 bits per heavy atom. The van der Waals surface area contributed by atoms with Gasteiger partial charge in [-0.2, -0.15) is 0 Å². The lowest BCUT2D eigenvalue weighted by molar-refractivity contribution is -0.127. The quantitative estimate of drug-likeness (QED) is 0.738. The Balaban J connectivity index is 1.46. The summed E-state index contributed by atoms with van der Waals surface area (Å²) in [6, 6.07) is 0.298. The number of carbonyl (C=O) groups is 2. The van der Waals surface area contributed by atoms with E-state index >= 15 is 0 Å². The molecule has 0 saturated carbocycles. The van der Waals surface area contributed by atoms with Gasteiger partial charge in [0.25, 0.3) is 0 Å². The Hall–Kier alpha value is -1.38. The van der Waals surface area contributed by atoms with Gasteiger partial charge in [-0.25, -0.2) is 4.79 Å². The van der Waals surface area contributed by atoms with E-state index in [4.69, 9.17) is 14.2 Å². The summed E-state index contributed by atoms with van der Waals surface area (Å²) in [6.45, 7) is 12.3. The number of piperidine rings is 1. The lowest BCUT2D eigenvalue weighted by atomic mass is 9.94. The Morgan fingerprint density at radius 3 is 2.31 bits per heavy atom. The van der Waals surface area contributed by atoms with Crippen LogP contribution >= 0.6 is 0 Å². The maximum Gasteiger partial charge on any atom is 0.410 e. The number of amides is 2. The molecule has 0 aromatic carbocycles. The summed E-state index contributed by atoms with van der Waals surface area (Å²) >= 11 is 0. The van der Waals surface area contributed by atoms with E-state index < -0.39 is 5.60 Å². The van der Waals surface area contributed by atoms with Gasteiger partial charge >= 0.3 is 6.09 Å². The Bertz CT molecular complexity index is 545. The zero-order valence-corrected chi connectivity index (χ0v) is 18.2. The highest BCUT2D eigenvalue weighted by molar-refractivity contribution is 5.79. The first-order valence-corrected chi connectivity index (χ1v) is 11.0. The molecular weight excluding hydrogens is 374 g/mol. The van der Waals surface area contributed by atoms with E-state index in [0.29, 0.717) is 44.4 Å². The standard InChI is InChI=1S/C21H37N3O5/c1-21(2,3)29-20(26)24-7-4-16(5-8-24)19(25)22-14-18(17-6-11-28-15-17)23-9-12-27-13-10-23/h16-18H,4-15H2,1-3H3,(H,22,25). The van der Waals surface area contributed by atoms with Crippen LogP contribution in [-0.2, 0) is 19.0 Å². The maximum atomic E-state index is 12.8. The highest BCUT2D eigenvalue weighted by Gasteiger charge is 2.34. The van der Waals surface area contributed by atoms with Crippen LogP contribution in [0.1, 0.15) is 40.0 Å². The van der Waals surface area contributed by atoms with Gasteiger partial charge in [0, 0.05) is 57.2 Å². The van der Waals surface area contributed by atoms with Crippen LogP contribution in [0, 0.1) is 11.8 Å². The first-order chi connectivity index (χ1) is 13.8. The number of nitrogens with one attached hydrogen (secondary N) is 1. The van der Waals surface area contributed by atoms with Crippen molar-refractivity contribution < 1.29 is 23.8 Å². The van der Waals surface area contributed by atoms with Gasteiger partial charge in [-0.05, 0) is 40.0 Å². The van der Waals surface area contributed by atoms with Crippen molar-refractivity contribution in [3.05, 3.63) is 0 Å². The van der Waals surface area contributed by atoms with Crippen LogP contribution in [0.5, 0.6) is 0 Å². The second-order valence-corrected chi connectivity index (χ2v) is 9.33. The molecule has 2 unspecified atom stereocenters. The average Bonchev–Trinajstić information content (AvgIpc) is 3.22. The molecule has 0 bridgehead atoms. The third-order valence-electron chi connectivity index (χ3n) is 6.03. The van der Waals surface area contributed by atoms with Crippen LogP contribution in [0.15, 0.2) is 0 Å². The van der Waals surface area contributed by atoms with Gasteiger partial charge in [0.1, 0.15) is 5.60 Å². The summed E-state index contributed by atoms with van der Waals surface area (Å²) in [6.07, 6.45) is 2.12. The molecule has 166 valence electrons. The maximum absolute atomic E-state index is 12.8. The van der Waals surface area contributed by atoms with Crippen molar-refractivity contribution in [2.24, 2.45) is 11.8 Å². The topological polar surface area (TPSA) is 80.3 Å². The van der Waals surface area contributed by atoms with Crippen molar-refractivity contribution in [2.45, 2.75) is 51.7 Å². The minimum absolute atomic E-state index is 0.0427. The molecule has 2 amide bonds. The van der Waals surface area contributed by atoms with E-state index in [2.05, 4.69) is 10.2 Å². The third kappa shape index (κ3) is 6.55. The fourth-order valence-electron chi connectivity index (χ4n) is 4.36. The lowest BCUT2D eigenvalue weighted by Gasteiger charge is -2.38. The molecule has 3 aliphatic rings. The van der Waals surface area contributed by atoms with E-state index in [1.165, 1.54) is 0 Å². The third-order valence-corrected chi connectivity index (χ3v) is 6.03. The molecule has 3 fully saturated rings. The van der Waals surface area contributed by atoms with E-state index in [1.807, 2.05) is 20.8 Å². The number of nitrogens with zero attached hydrogens (tertiary/aromatic N) is 2. The second kappa shape index (κ2) is 10.1. The van der Waals surface area contributed by atoms with Crippen LogP contribution in [0.3, 0.4) is 0 Å². The van der Waals surface area contributed by atoms with Crippen LogP contribution < -0.4 is 5.32 Å². The van der Waals surface area contributed by atoms with Gasteiger partial charge in [-0.3, -0.25) is 9.69 Å². The Kier molecular flexibility index (Phi) is 7.76. The van der Waals surface area contributed by atoms with Crippen molar-refractivity contribution >= 4 is 12.0 Å². The predicted octanol–water partition coefficient (Wildman–Crippen LogP) is 1.49. The molecule has 1 N–H and O–H groups in total. The first kappa shape index (κ1) is 22.3. The normalized spacial score (nSPS) is 25.6. The van der Waals surface area contributed by atoms with Crippen molar-refractivity contribution in [1.82, 2.24) is 15.1 Å². The van der Waals surface area contributed by atoms with Gasteiger partial charge in [-0.15, -0.1) is 0 Å². The molecule has 3 aliphatic heterocycles. The van der Waals surface area contributed by atoms with Gasteiger partial charge in [-0.1, -0.05) is 0 Å². The fraction of sp³-hybridized carbons (Fsp3) is 0.905. The smallest absolute Gasteiger partial charge is 0.410 e. The van der Waals surface area contributed by atoms with Crippen LogP contribution in [0.25, 0.3) is 0 Å². The van der Waals surface area contributed by atoms with Crippen molar-refractivity contribution in [2.75, 3.05) is 59.2 Å². The summed E-state index contributed by atoms with van der Waals surface area (Å²) in [7, 11) is 0. The van der Waals surface area contributed by atoms with Gasteiger partial charge in [0.05, 0.1) is 19.8 Å². The molecule has 3 saturated heterocycles. The number of carbonyl (C=O) groups excluding carboxylic acids is 2. The molecule has 2 atom stereocenters. The zero-order chi connectivity index (χ0) is 20.9. The molecule has 8 heteroatoms. The summed E-state index contributed by atoms with van der Waals surface area (Å²) in [4.78, 5) is 29.1. The molecule has 0 aliphatic carbocycles. The van der Waals surface area contributed by atoms with Gasteiger partial charge in [0.2, 0.25) is 5.91 Å². The molecule has 0 aromatic rings. The molecule has 0 radical (unpaired) electrons. The fourth-order valence-corrected chi connectivity index (χ4v) is 4.36. The molecule has 29 heavy (non-hydrogen) atoms. The monoisotopic (exact) mass is 411 g/mol. The van der Waals surface area contributed by atoms with E-state index in [9.17, 15) is 9.59 Å². The molecule has 3 rings (SSSR count). The zero-order valence-electron chi connectivity index (χ0n) is 18.2. The molecule has 8 nitrogen and oxygen atoms in total. The minimum Gasteiger partial charge on any atom is -0.444 e. The number of hydrogen-bond donors (Lipinski definition) is 1. The average molecular weight is 412 g/mol. The number of morpholine rings is 1. The van der Waals surface area contributed by atoms with E-state index in [0.717, 1.165) is 45.9 Å². The molecule has 3 heterocycles. The van der Waals surface area contributed by atoms with Crippen molar-refractivity contribution in [3.63, 3.8) is 0 Å². The Labute approximate surface area is 174 Å². The largest absolute Gasteiger partial charge is 0.444 e. The summed E-state index contributed by atoms with van der Waals surface area (Å²) in [5.74, 6) is 0.521. The second-order valence-electron chi connectivity index (χ2n) is 9.33. The predicted molar refractivity (Wildman–Crippen MR) is 109 cm³/mol. The minimum atomic E-state index is -0.496. The van der Waals surface area contributed by atoms with Crippen molar-refractivity contribution in [3.8, 4) is 0 Å². The number of ether oxygens (including phenoxy) is 3. The van der Waals surface area contributed by atoms with Gasteiger partial charge in [0.15, 0.2) is 0 Å². The molecular formula is C21H37N3O5. The molecule has 0 aromatic heterocycles. The number of hydrogen-bond acceptors (Lipinski definition) is 6. The lowest BCUT2D eigenvalue weighted by Crippen LogP contribution is -2.53. The summed E-state index contributed by atoms with van der Waals surface area (Å²) in [5, 5.41) is 3.20. The van der Waals surface area contributed by atoms with E-state index in [-0.39, 0.29) is 17.9 Å². The van der Waals surface area contributed by atoms with E-state index in [1.54, 1.807) is 4.90 Å². The van der Waals surface area contributed by atoms with Crippen molar-refractivity contribution in [1.29, 1.82) is 0 Å². The van der Waals surface area contributed by atoms with Gasteiger partial charge < -0.3 is 24.4 Å². The van der Waals surface area contributed by atoms with Crippen LogP contribution in [0.4, 0.5) is 4.79 Å². The highest BCUT2D eigenvalue weighted by atomic mass is 16.6. The SMILES string of the molecule is CC(C)(C)OC(=O)N1CCC(C(=O)NCC(C2CCOC2)N2CCOCC2)CC1. The highest BCUT2D eigenvalue weighted by Crippen LogP contribution is 2.23. The Morgan fingerprint density at radius 2 is 1.72 bits per heavy atom. The first-order valence-electron chi connectivity index (χ1n) is 11.0. The molecule has 0 spiro atoms. The van der Waals surface area contributed by atoms with Crippen LogP contribution in [0.2, 0.25) is 0 Å². The van der Waals surface area contributed by atoms with Crippen LogP contribution in [-0.4, -0.2) is 92.6 Å². The number of rotatable bonds is 5. The number of likely N-dealkylation sites (tertiary alicyclic amines) is 1. The summed E-state index contributed by atoms with van der Waals surface area (Å²) < 4.78 is 16.5.